The Bertz CT molecular complexity index is 153. The predicted octanol–water partition coefficient (Wildman–Crippen LogP) is 2.27. The van der Waals surface area contributed by atoms with Crippen LogP contribution in [0.25, 0.3) is 0 Å². The molecule has 1 aliphatic heterocycles. The van der Waals surface area contributed by atoms with E-state index in [0.717, 1.165) is 12.5 Å². The van der Waals surface area contributed by atoms with Crippen molar-refractivity contribution in [2.75, 3.05) is 6.54 Å². The fourth-order valence-electron chi connectivity index (χ4n) is 1.20. The minimum absolute atomic E-state index is 0.181. The van der Waals surface area contributed by atoms with Gasteiger partial charge in [0.15, 0.2) is 0 Å². The van der Waals surface area contributed by atoms with Crippen LogP contribution < -0.4 is 5.32 Å². The number of nitrogens with one attached hydrogen (secondary N) is 1. The van der Waals surface area contributed by atoms with E-state index in [1.807, 2.05) is 6.92 Å². The number of piperidine rings is 1. The van der Waals surface area contributed by atoms with E-state index in [1.165, 1.54) is 25.8 Å². The van der Waals surface area contributed by atoms with Crippen molar-refractivity contribution < 1.29 is 9.90 Å². The van der Waals surface area contributed by atoms with Crippen molar-refractivity contribution in [3.8, 4) is 0 Å². The maximum Gasteiger partial charge on any atom is 0.306 e. The molecule has 2 atom stereocenters. The number of hydrogen-bond donors (Lipinski definition) is 2. The first-order valence-electron chi connectivity index (χ1n) is 5.54. The summed E-state index contributed by atoms with van der Waals surface area (Å²) < 4.78 is 0. The molecule has 0 aliphatic carbocycles. The van der Waals surface area contributed by atoms with Crippen LogP contribution in [0.4, 0.5) is 0 Å². The van der Waals surface area contributed by atoms with Gasteiger partial charge in [-0.2, -0.15) is 0 Å². The second-order valence-electron chi connectivity index (χ2n) is 4.00. The summed E-state index contributed by atoms with van der Waals surface area (Å²) in [7, 11) is 0. The standard InChI is InChI=1S/C6H13N.C5H10O2/c1-6-4-2-3-5-7-6;1-3-4(2)5(6)7/h6-7H,2-5H2,1H3;4H,3H2,1-2H3,(H,6,7). The van der Waals surface area contributed by atoms with Gasteiger partial charge >= 0.3 is 5.97 Å². The molecule has 14 heavy (non-hydrogen) atoms. The molecule has 1 fully saturated rings. The zero-order valence-corrected chi connectivity index (χ0v) is 9.55. The molecule has 1 heterocycles. The Morgan fingerprint density at radius 3 is 2.36 bits per heavy atom. The Labute approximate surface area is 86.9 Å². The molecule has 2 N–H and O–H groups in total. The second kappa shape index (κ2) is 7.80. The Balaban J connectivity index is 0.000000241. The molecule has 1 aliphatic rings. The number of carboxylic acids is 1. The van der Waals surface area contributed by atoms with Crippen LogP contribution in [0, 0.1) is 5.92 Å². The van der Waals surface area contributed by atoms with E-state index in [-0.39, 0.29) is 5.92 Å². The molecule has 0 aromatic rings. The first-order chi connectivity index (χ1) is 6.57. The van der Waals surface area contributed by atoms with Gasteiger partial charge in [-0.15, -0.1) is 0 Å². The lowest BCUT2D eigenvalue weighted by atomic mass is 10.1. The maximum atomic E-state index is 9.93. The third-order valence-electron chi connectivity index (χ3n) is 2.59. The van der Waals surface area contributed by atoms with Crippen LogP contribution in [0.5, 0.6) is 0 Å². The van der Waals surface area contributed by atoms with Gasteiger partial charge in [-0.25, -0.2) is 0 Å². The summed E-state index contributed by atoms with van der Waals surface area (Å²) in [6.45, 7) is 7.04. The third-order valence-corrected chi connectivity index (χ3v) is 2.59. The van der Waals surface area contributed by atoms with Crippen LogP contribution in [0.15, 0.2) is 0 Å². The highest BCUT2D eigenvalue weighted by Gasteiger charge is 2.05. The fraction of sp³-hybridized carbons (Fsp3) is 0.909. The van der Waals surface area contributed by atoms with Crippen molar-refractivity contribution in [1.82, 2.24) is 5.32 Å². The van der Waals surface area contributed by atoms with Gasteiger partial charge in [0.1, 0.15) is 0 Å². The highest BCUT2D eigenvalue weighted by atomic mass is 16.4. The SMILES string of the molecule is CC1CCCCN1.CCC(C)C(=O)O. The molecule has 1 saturated heterocycles. The van der Waals surface area contributed by atoms with Gasteiger partial charge in [0.05, 0.1) is 5.92 Å². The molecular formula is C11H23NO2. The van der Waals surface area contributed by atoms with Crippen molar-refractivity contribution in [2.24, 2.45) is 5.92 Å². The molecule has 3 nitrogen and oxygen atoms in total. The summed E-state index contributed by atoms with van der Waals surface area (Å²) in [4.78, 5) is 9.93. The minimum atomic E-state index is -0.706. The van der Waals surface area contributed by atoms with Crippen LogP contribution in [-0.4, -0.2) is 23.7 Å². The van der Waals surface area contributed by atoms with Crippen molar-refractivity contribution >= 4 is 5.97 Å². The van der Waals surface area contributed by atoms with Crippen LogP contribution in [-0.2, 0) is 4.79 Å². The van der Waals surface area contributed by atoms with Crippen LogP contribution in [0.3, 0.4) is 0 Å². The van der Waals surface area contributed by atoms with Gasteiger partial charge in [-0.3, -0.25) is 4.79 Å². The Kier molecular flexibility index (Phi) is 7.48. The zero-order chi connectivity index (χ0) is 11.0. The van der Waals surface area contributed by atoms with E-state index >= 15 is 0 Å². The van der Waals surface area contributed by atoms with Gasteiger partial charge < -0.3 is 10.4 Å². The summed E-state index contributed by atoms with van der Waals surface area (Å²) in [6, 6.07) is 0.786. The van der Waals surface area contributed by atoms with E-state index in [0.29, 0.717) is 0 Å². The first kappa shape index (κ1) is 13.4. The molecule has 3 heteroatoms. The molecule has 1 rings (SSSR count). The zero-order valence-electron chi connectivity index (χ0n) is 9.55. The van der Waals surface area contributed by atoms with Crippen molar-refractivity contribution in [1.29, 1.82) is 0 Å². The molecule has 0 saturated carbocycles. The molecule has 0 aromatic heterocycles. The van der Waals surface area contributed by atoms with Crippen LogP contribution >= 0.6 is 0 Å². The predicted molar refractivity (Wildman–Crippen MR) is 58.4 cm³/mol. The molecule has 0 bridgehead atoms. The topological polar surface area (TPSA) is 49.3 Å². The van der Waals surface area contributed by atoms with Crippen LogP contribution in [0.1, 0.15) is 46.5 Å². The lowest BCUT2D eigenvalue weighted by Gasteiger charge is -2.18. The number of carbonyl (C=O) groups is 1. The lowest BCUT2D eigenvalue weighted by molar-refractivity contribution is -0.141. The minimum Gasteiger partial charge on any atom is -0.481 e. The molecular weight excluding hydrogens is 178 g/mol. The summed E-state index contributed by atoms with van der Waals surface area (Å²) in [5, 5.41) is 11.6. The van der Waals surface area contributed by atoms with Gasteiger partial charge in [0, 0.05) is 6.04 Å². The number of aliphatic carboxylic acids is 1. The Morgan fingerprint density at radius 2 is 2.21 bits per heavy atom. The van der Waals surface area contributed by atoms with E-state index in [9.17, 15) is 4.79 Å². The van der Waals surface area contributed by atoms with Crippen molar-refractivity contribution in [2.45, 2.75) is 52.5 Å². The third kappa shape index (κ3) is 6.89. The van der Waals surface area contributed by atoms with E-state index in [4.69, 9.17) is 5.11 Å². The Morgan fingerprint density at radius 1 is 1.57 bits per heavy atom. The van der Waals surface area contributed by atoms with Gasteiger partial charge in [0.2, 0.25) is 0 Å². The van der Waals surface area contributed by atoms with E-state index in [1.54, 1.807) is 6.92 Å². The second-order valence-corrected chi connectivity index (χ2v) is 4.00. The molecule has 2 unspecified atom stereocenters. The van der Waals surface area contributed by atoms with E-state index in [2.05, 4.69) is 12.2 Å². The summed E-state index contributed by atoms with van der Waals surface area (Å²) in [5.41, 5.74) is 0. The van der Waals surface area contributed by atoms with Crippen molar-refractivity contribution in [3.05, 3.63) is 0 Å². The van der Waals surface area contributed by atoms with Gasteiger partial charge in [-0.05, 0) is 32.7 Å². The summed E-state index contributed by atoms with van der Waals surface area (Å²) in [5.74, 6) is -0.887. The maximum absolute atomic E-state index is 9.93. The van der Waals surface area contributed by atoms with E-state index < -0.39 is 5.97 Å². The van der Waals surface area contributed by atoms with Crippen molar-refractivity contribution in [3.63, 3.8) is 0 Å². The van der Waals surface area contributed by atoms with Gasteiger partial charge in [0.25, 0.3) is 0 Å². The monoisotopic (exact) mass is 201 g/mol. The highest BCUT2D eigenvalue weighted by molar-refractivity contribution is 5.69. The number of carboxylic acid groups (broad SMARTS) is 1. The average Bonchev–Trinajstić information content (AvgIpc) is 2.18. The lowest BCUT2D eigenvalue weighted by Crippen LogP contribution is -2.30. The normalized spacial score (nSPS) is 23.2. The quantitative estimate of drug-likeness (QED) is 0.720. The molecule has 0 aromatic carbocycles. The van der Waals surface area contributed by atoms with Crippen LogP contribution in [0.2, 0.25) is 0 Å². The van der Waals surface area contributed by atoms with Gasteiger partial charge in [-0.1, -0.05) is 20.3 Å². The smallest absolute Gasteiger partial charge is 0.306 e. The highest BCUT2D eigenvalue weighted by Crippen LogP contribution is 2.04. The number of hydrogen-bond acceptors (Lipinski definition) is 2. The molecule has 0 spiro atoms. The first-order valence-corrected chi connectivity index (χ1v) is 5.54. The largest absolute Gasteiger partial charge is 0.481 e. The number of rotatable bonds is 2. The summed E-state index contributed by atoms with van der Waals surface area (Å²) >= 11 is 0. The summed E-state index contributed by atoms with van der Waals surface area (Å²) in [6.07, 6.45) is 4.90. The fourth-order valence-corrected chi connectivity index (χ4v) is 1.20. The Hall–Kier alpha value is -0.570. The molecule has 84 valence electrons. The molecule has 0 amide bonds. The molecule has 0 radical (unpaired) electrons. The average molecular weight is 201 g/mol.